The molecule has 4 saturated carbocycles. The number of nitrogens with zero attached hydrogens (tertiary/aromatic N) is 5. The summed E-state index contributed by atoms with van der Waals surface area (Å²) in [6.07, 6.45) is 10.6. The molecule has 0 radical (unpaired) electrons. The van der Waals surface area contributed by atoms with Crippen molar-refractivity contribution in [3.8, 4) is 0 Å². The topological polar surface area (TPSA) is 181 Å². The van der Waals surface area contributed by atoms with E-state index in [1.807, 2.05) is 49.1 Å². The summed E-state index contributed by atoms with van der Waals surface area (Å²) >= 11 is 1.57. The van der Waals surface area contributed by atoms with Crippen LogP contribution in [0.1, 0.15) is 99.3 Å². The zero-order chi connectivity index (χ0) is 41.2. The van der Waals surface area contributed by atoms with Crippen LogP contribution in [0, 0.1) is 40.4 Å². The molecule has 1 spiro atoms. The highest BCUT2D eigenvalue weighted by Gasteiger charge is 2.89. The fraction of sp³-hybridized carbons (Fsp3) is 0.556. The van der Waals surface area contributed by atoms with Crippen molar-refractivity contribution < 1.29 is 19.7 Å². The summed E-state index contributed by atoms with van der Waals surface area (Å²) in [7, 11) is 0. The van der Waals surface area contributed by atoms with E-state index in [1.165, 1.54) is 19.1 Å². The number of ether oxygens (including phenoxy) is 1. The number of aromatic carboxylic acids is 1. The maximum absolute atomic E-state index is 12.8. The third kappa shape index (κ3) is 6.35. The van der Waals surface area contributed by atoms with Crippen LogP contribution >= 0.6 is 11.3 Å². The fourth-order valence-corrected chi connectivity index (χ4v) is 13.7. The molecule has 9 rings (SSSR count). The Morgan fingerprint density at radius 3 is 2.66 bits per heavy atom. The monoisotopic (exact) mass is 819 g/mol. The van der Waals surface area contributed by atoms with Gasteiger partial charge in [0.2, 0.25) is 0 Å². The molecule has 4 fully saturated rings. The minimum Gasteiger partial charge on any atom is -0.476 e. The molecule has 6 atom stereocenters. The molecule has 0 saturated heterocycles. The van der Waals surface area contributed by atoms with E-state index >= 15 is 0 Å². The molecule has 5 aliphatic rings. The first-order valence-electron chi connectivity index (χ1n) is 21.4. The molecule has 13 nitrogen and oxygen atoms in total. The highest BCUT2D eigenvalue weighted by atomic mass is 32.1. The standard InChI is InChI=1S/C45H57N9O4S/c1-27-31-10-9-17-54(39(31)53-52-38(27)51-41-49-34-11-5-6-12-35(34)59-41)36-14-13-32(37(50-36)40(56)57)33(23-46)28(2)48-24-30-21-43(4)26-44(58-19-16-47-15-7-8-18-55)25-42(3)20-29(30)22-45(42,43)44/h5-6,11-14,23,29-30,46-48,55H,7-10,15-22,24-26H2,1-4H3,(H,56,57)(H,49,51,52)/b33-28+,46-23?. The van der Waals surface area contributed by atoms with Crippen LogP contribution in [0.4, 0.5) is 22.6 Å². The smallest absolute Gasteiger partial charge is 0.355 e. The van der Waals surface area contributed by atoms with Gasteiger partial charge in [0.15, 0.2) is 22.5 Å². The number of aliphatic hydroxyl groups is 1. The van der Waals surface area contributed by atoms with Crippen molar-refractivity contribution in [2.75, 3.05) is 49.6 Å². The maximum atomic E-state index is 12.8. The molecule has 4 aromatic rings. The fourth-order valence-electron chi connectivity index (χ4n) is 12.8. The molecule has 6 unspecified atom stereocenters. The van der Waals surface area contributed by atoms with Gasteiger partial charge in [-0.1, -0.05) is 37.3 Å². The van der Waals surface area contributed by atoms with Crippen LogP contribution in [0.5, 0.6) is 0 Å². The van der Waals surface area contributed by atoms with E-state index in [0.717, 1.165) is 103 Å². The van der Waals surface area contributed by atoms with Crippen LogP contribution < -0.4 is 20.9 Å². The van der Waals surface area contributed by atoms with E-state index < -0.39 is 5.97 Å². The molecule has 4 aliphatic carbocycles. The first-order valence-corrected chi connectivity index (χ1v) is 22.2. The maximum Gasteiger partial charge on any atom is 0.355 e. The first-order chi connectivity index (χ1) is 28.5. The Balaban J connectivity index is 0.890. The molecule has 3 aromatic heterocycles. The molecular formula is C45H57N9O4S. The number of carboxylic acids is 1. The Hall–Kier alpha value is -4.50. The van der Waals surface area contributed by atoms with Crippen molar-refractivity contribution in [2.24, 2.45) is 28.1 Å². The zero-order valence-corrected chi connectivity index (χ0v) is 35.5. The Bertz CT molecular complexity index is 2300. The summed E-state index contributed by atoms with van der Waals surface area (Å²) in [5.41, 5.74) is 5.38. The average Bonchev–Trinajstić information content (AvgIpc) is 3.77. The first kappa shape index (κ1) is 39.9. The summed E-state index contributed by atoms with van der Waals surface area (Å²) in [6.45, 7) is 13.1. The van der Waals surface area contributed by atoms with Crippen LogP contribution in [0.25, 0.3) is 15.8 Å². The van der Waals surface area contributed by atoms with Gasteiger partial charge in [0, 0.05) is 65.8 Å². The predicted octanol–water partition coefficient (Wildman–Crippen LogP) is 7.64. The van der Waals surface area contributed by atoms with Gasteiger partial charge in [-0.3, -0.25) is 0 Å². The van der Waals surface area contributed by atoms with Gasteiger partial charge in [-0.05, 0) is 125 Å². The number of unbranched alkanes of at least 4 members (excludes halogenated alkanes) is 1. The van der Waals surface area contributed by atoms with Crippen LogP contribution in [0.3, 0.4) is 0 Å². The summed E-state index contributed by atoms with van der Waals surface area (Å²) < 4.78 is 7.89. The number of carbonyl (C=O) groups is 1. The minimum atomic E-state index is -1.14. The number of fused-ring (bicyclic) bond motifs is 3. The lowest BCUT2D eigenvalue weighted by Gasteiger charge is -2.83. The van der Waals surface area contributed by atoms with Crippen molar-refractivity contribution in [2.45, 2.75) is 91.1 Å². The zero-order valence-electron chi connectivity index (χ0n) is 34.7. The molecule has 312 valence electrons. The third-order valence-electron chi connectivity index (χ3n) is 15.0. The van der Waals surface area contributed by atoms with Crippen molar-refractivity contribution in [3.05, 3.63) is 64.5 Å². The lowest BCUT2D eigenvalue weighted by Crippen LogP contribution is -2.83. The summed E-state index contributed by atoms with van der Waals surface area (Å²) in [6, 6.07) is 11.6. The Labute approximate surface area is 350 Å². The van der Waals surface area contributed by atoms with E-state index in [1.54, 1.807) is 17.4 Å². The number of allylic oxidation sites excluding steroid dienone is 2. The average molecular weight is 820 g/mol. The Morgan fingerprint density at radius 2 is 1.88 bits per heavy atom. The Morgan fingerprint density at radius 1 is 1.07 bits per heavy atom. The molecule has 6 N–H and O–H groups in total. The largest absolute Gasteiger partial charge is 0.476 e. The van der Waals surface area contributed by atoms with Crippen molar-refractivity contribution in [3.63, 3.8) is 0 Å². The van der Waals surface area contributed by atoms with Gasteiger partial charge in [0.1, 0.15) is 5.82 Å². The van der Waals surface area contributed by atoms with Gasteiger partial charge in [-0.2, -0.15) is 0 Å². The molecule has 1 aliphatic heterocycles. The summed E-state index contributed by atoms with van der Waals surface area (Å²) in [5, 5.41) is 48.5. The molecule has 59 heavy (non-hydrogen) atoms. The lowest BCUT2D eigenvalue weighted by molar-refractivity contribution is -0.404. The number of hydrogen-bond acceptors (Lipinski definition) is 13. The van der Waals surface area contributed by atoms with Gasteiger partial charge < -0.3 is 41.2 Å². The number of aromatic nitrogens is 4. The molecule has 2 bridgehead atoms. The number of thiazole rings is 1. The number of pyridine rings is 1. The summed E-state index contributed by atoms with van der Waals surface area (Å²) in [5.74, 6) is 1.77. The number of hydrogen-bond donors (Lipinski definition) is 6. The van der Waals surface area contributed by atoms with Crippen molar-refractivity contribution in [1.29, 1.82) is 5.41 Å². The second-order valence-corrected chi connectivity index (χ2v) is 19.3. The lowest BCUT2D eigenvalue weighted by atomic mass is 9.24. The van der Waals surface area contributed by atoms with E-state index in [2.05, 4.69) is 40.0 Å². The van der Waals surface area contributed by atoms with Crippen LogP contribution in [-0.4, -0.2) is 87.6 Å². The predicted molar refractivity (Wildman–Crippen MR) is 232 cm³/mol. The van der Waals surface area contributed by atoms with Gasteiger partial charge >= 0.3 is 5.97 Å². The van der Waals surface area contributed by atoms with Gasteiger partial charge in [-0.25, -0.2) is 14.8 Å². The number of aliphatic hydroxyl groups excluding tert-OH is 1. The molecular weight excluding hydrogens is 763 g/mol. The van der Waals surface area contributed by atoms with Gasteiger partial charge in [-0.15, -0.1) is 10.2 Å². The van der Waals surface area contributed by atoms with Crippen LogP contribution in [0.2, 0.25) is 0 Å². The van der Waals surface area contributed by atoms with E-state index in [4.69, 9.17) is 25.2 Å². The molecule has 4 heterocycles. The van der Waals surface area contributed by atoms with Crippen molar-refractivity contribution >= 4 is 61.9 Å². The van der Waals surface area contributed by atoms with Crippen molar-refractivity contribution in [1.82, 2.24) is 30.8 Å². The van der Waals surface area contributed by atoms with Gasteiger partial charge in [0.05, 0.1) is 22.4 Å². The third-order valence-corrected chi connectivity index (χ3v) is 16.0. The second-order valence-electron chi connectivity index (χ2n) is 18.3. The SMILES string of the molecule is C/C(NCC1CC2(C)CC3(OCCNCCCCO)CC4(C)CC1CC243)=C(/C=N)c1ccc(N2CCCc3c2nnc(Nc2nc4ccccc4s2)c3C)nc1C(=O)O. The number of para-hydroxylation sites is 1. The highest BCUT2D eigenvalue weighted by Crippen LogP contribution is 2.91. The Kier molecular flexibility index (Phi) is 10.3. The minimum absolute atomic E-state index is 0.00557. The highest BCUT2D eigenvalue weighted by molar-refractivity contribution is 7.22. The molecule has 1 aromatic carbocycles. The summed E-state index contributed by atoms with van der Waals surface area (Å²) in [4.78, 5) is 24.2. The number of carboxylic acid groups (broad SMARTS) is 1. The number of rotatable bonds is 17. The quantitative estimate of drug-likeness (QED) is 0.0453. The van der Waals surface area contributed by atoms with E-state index in [9.17, 15) is 9.90 Å². The van der Waals surface area contributed by atoms with E-state index in [-0.39, 0.29) is 28.7 Å². The van der Waals surface area contributed by atoms with Crippen LogP contribution in [-0.2, 0) is 11.2 Å². The molecule has 14 heteroatoms. The second kappa shape index (κ2) is 15.2. The molecule has 0 amide bonds. The number of benzene rings is 1. The number of anilines is 4. The van der Waals surface area contributed by atoms with Crippen LogP contribution in [0.15, 0.2) is 42.1 Å². The normalized spacial score (nSPS) is 29.2. The number of nitrogens with one attached hydrogen (secondary N) is 4. The van der Waals surface area contributed by atoms with E-state index in [0.29, 0.717) is 52.4 Å². The van der Waals surface area contributed by atoms with Gasteiger partial charge in [0.25, 0.3) is 0 Å².